The van der Waals surface area contributed by atoms with Crippen LogP contribution < -0.4 is 11.1 Å². The predicted octanol–water partition coefficient (Wildman–Crippen LogP) is 3.21. The number of carbonyl (C=O) groups excluding carboxylic acids is 1. The van der Waals surface area contributed by atoms with Crippen molar-refractivity contribution in [2.75, 3.05) is 11.1 Å². The van der Waals surface area contributed by atoms with Gasteiger partial charge in [0.15, 0.2) is 0 Å². The van der Waals surface area contributed by atoms with Gasteiger partial charge in [0.2, 0.25) is 0 Å². The molecule has 0 saturated carbocycles. The second kappa shape index (κ2) is 5.33. The van der Waals surface area contributed by atoms with Crippen LogP contribution in [0.25, 0.3) is 0 Å². The fourth-order valence-corrected chi connectivity index (χ4v) is 3.29. The van der Waals surface area contributed by atoms with E-state index in [1.807, 2.05) is 0 Å². The van der Waals surface area contributed by atoms with Gasteiger partial charge in [-0.15, -0.1) is 5.10 Å². The van der Waals surface area contributed by atoms with Crippen LogP contribution in [0.2, 0.25) is 0 Å². The monoisotopic (exact) mass is 390 g/mol. The first-order valence-corrected chi connectivity index (χ1v) is 7.20. The predicted molar refractivity (Wildman–Crippen MR) is 78.9 cm³/mol. The van der Waals surface area contributed by atoms with Crippen molar-refractivity contribution < 1.29 is 4.79 Å². The molecule has 2 aromatic rings. The maximum Gasteiger partial charge on any atom is 0.269 e. The maximum absolute atomic E-state index is 12.0. The van der Waals surface area contributed by atoms with Gasteiger partial charge >= 0.3 is 0 Å². The van der Waals surface area contributed by atoms with Gasteiger partial charge in [-0.3, -0.25) is 4.79 Å². The number of aryl methyl sites for hydroxylation is 1. The summed E-state index contributed by atoms with van der Waals surface area (Å²) in [6, 6.07) is 3.44. The number of aromatic nitrogens is 2. The highest BCUT2D eigenvalue weighted by Crippen LogP contribution is 2.33. The third kappa shape index (κ3) is 2.70. The third-order valence-electron chi connectivity index (χ3n) is 2.16. The van der Waals surface area contributed by atoms with Gasteiger partial charge in [0.25, 0.3) is 5.91 Å². The van der Waals surface area contributed by atoms with E-state index in [2.05, 4.69) is 46.8 Å². The highest BCUT2D eigenvalue weighted by molar-refractivity contribution is 9.11. The van der Waals surface area contributed by atoms with Crippen LogP contribution in [-0.4, -0.2) is 15.5 Å². The summed E-state index contributed by atoms with van der Waals surface area (Å²) in [5.41, 5.74) is 7.52. The molecule has 0 aliphatic heterocycles. The van der Waals surface area contributed by atoms with E-state index in [-0.39, 0.29) is 5.91 Å². The second-order valence-corrected chi connectivity index (χ2v) is 5.96. The number of rotatable bonds is 2. The van der Waals surface area contributed by atoms with Crippen molar-refractivity contribution in [3.63, 3.8) is 0 Å². The summed E-state index contributed by atoms with van der Waals surface area (Å²) < 4.78 is 5.14. The summed E-state index contributed by atoms with van der Waals surface area (Å²) in [6.45, 7) is 1.74. The molecule has 0 fully saturated rings. The van der Waals surface area contributed by atoms with E-state index >= 15 is 0 Å². The van der Waals surface area contributed by atoms with Gasteiger partial charge < -0.3 is 11.1 Å². The SMILES string of the molecule is Cc1nnsc1C(=O)Nc1c(Br)cc(N)cc1Br. The molecule has 18 heavy (non-hydrogen) atoms. The Hall–Kier alpha value is -0.990. The third-order valence-corrected chi connectivity index (χ3v) is 4.24. The van der Waals surface area contributed by atoms with Gasteiger partial charge in [-0.2, -0.15) is 0 Å². The van der Waals surface area contributed by atoms with Gasteiger partial charge in [0, 0.05) is 14.6 Å². The number of nitrogens with one attached hydrogen (secondary N) is 1. The van der Waals surface area contributed by atoms with Crippen molar-refractivity contribution in [3.05, 3.63) is 31.6 Å². The molecule has 0 saturated heterocycles. The Morgan fingerprint density at radius 1 is 1.39 bits per heavy atom. The molecule has 3 N–H and O–H groups in total. The second-order valence-electron chi connectivity index (χ2n) is 3.50. The number of nitrogens with two attached hydrogens (primary N) is 1. The normalized spacial score (nSPS) is 10.4. The van der Waals surface area contributed by atoms with E-state index in [9.17, 15) is 4.79 Å². The summed E-state index contributed by atoms with van der Waals surface area (Å²) in [6.07, 6.45) is 0. The highest BCUT2D eigenvalue weighted by Gasteiger charge is 2.16. The van der Waals surface area contributed by atoms with Crippen molar-refractivity contribution in [1.29, 1.82) is 0 Å². The lowest BCUT2D eigenvalue weighted by molar-refractivity contribution is 0.102. The molecule has 1 aromatic heterocycles. The molecule has 0 unspecified atom stereocenters. The average Bonchev–Trinajstić information content (AvgIpc) is 2.69. The Kier molecular flexibility index (Phi) is 3.98. The number of amides is 1. The zero-order valence-corrected chi connectivity index (χ0v) is 13.2. The van der Waals surface area contributed by atoms with Crippen molar-refractivity contribution in [2.45, 2.75) is 6.92 Å². The van der Waals surface area contributed by atoms with Crippen LogP contribution in [0, 0.1) is 6.92 Å². The van der Waals surface area contributed by atoms with Gasteiger partial charge in [-0.05, 0) is 62.4 Å². The Balaban J connectivity index is 2.31. The summed E-state index contributed by atoms with van der Waals surface area (Å²) in [5, 5.41) is 6.59. The summed E-state index contributed by atoms with van der Waals surface area (Å²) >= 11 is 7.77. The van der Waals surface area contributed by atoms with Crippen LogP contribution in [-0.2, 0) is 0 Å². The standard InChI is InChI=1S/C10H8Br2N4OS/c1-4-9(18-16-15-4)10(17)14-8-6(11)2-5(13)3-7(8)12/h2-3H,13H2,1H3,(H,14,17). The number of anilines is 2. The van der Waals surface area contributed by atoms with E-state index in [0.29, 0.717) is 30.9 Å². The van der Waals surface area contributed by atoms with Crippen molar-refractivity contribution in [2.24, 2.45) is 0 Å². The Bertz CT molecular complexity index is 591. The van der Waals surface area contributed by atoms with E-state index < -0.39 is 0 Å². The number of nitrogens with zero attached hydrogens (tertiary/aromatic N) is 2. The van der Waals surface area contributed by atoms with Crippen molar-refractivity contribution in [3.8, 4) is 0 Å². The largest absolute Gasteiger partial charge is 0.399 e. The van der Waals surface area contributed by atoms with Crippen LogP contribution in [0.3, 0.4) is 0 Å². The fraction of sp³-hybridized carbons (Fsp3) is 0.100. The minimum atomic E-state index is -0.242. The first kappa shape index (κ1) is 13.4. The minimum Gasteiger partial charge on any atom is -0.399 e. The van der Waals surface area contributed by atoms with E-state index in [4.69, 9.17) is 5.73 Å². The summed E-state index contributed by atoms with van der Waals surface area (Å²) in [4.78, 5) is 12.5. The fourth-order valence-electron chi connectivity index (χ4n) is 1.32. The molecule has 0 aliphatic rings. The van der Waals surface area contributed by atoms with Crippen LogP contribution in [0.4, 0.5) is 11.4 Å². The number of nitrogen functional groups attached to an aromatic ring is 1. The Labute approximate surface area is 124 Å². The topological polar surface area (TPSA) is 80.9 Å². The van der Waals surface area contributed by atoms with Gasteiger partial charge in [0.1, 0.15) is 4.88 Å². The zero-order valence-electron chi connectivity index (χ0n) is 9.20. The lowest BCUT2D eigenvalue weighted by Crippen LogP contribution is -2.12. The smallest absolute Gasteiger partial charge is 0.269 e. The first-order chi connectivity index (χ1) is 8.49. The molecule has 94 valence electrons. The summed E-state index contributed by atoms with van der Waals surface area (Å²) in [5.74, 6) is -0.242. The van der Waals surface area contributed by atoms with Gasteiger partial charge in [-0.25, -0.2) is 0 Å². The molecule has 0 bridgehead atoms. The first-order valence-electron chi connectivity index (χ1n) is 4.84. The average molecular weight is 392 g/mol. The molecule has 8 heteroatoms. The molecular weight excluding hydrogens is 384 g/mol. The lowest BCUT2D eigenvalue weighted by Gasteiger charge is -2.09. The van der Waals surface area contributed by atoms with E-state index in [1.54, 1.807) is 19.1 Å². The molecule has 0 spiro atoms. The quantitative estimate of drug-likeness (QED) is 0.770. The number of carbonyl (C=O) groups is 1. The van der Waals surface area contributed by atoms with Crippen LogP contribution in [0.5, 0.6) is 0 Å². The molecular formula is C10H8Br2N4OS. The molecule has 2 rings (SSSR count). The van der Waals surface area contributed by atoms with Crippen LogP contribution in [0.15, 0.2) is 21.1 Å². The van der Waals surface area contributed by atoms with Crippen molar-refractivity contribution in [1.82, 2.24) is 9.59 Å². The Morgan fingerprint density at radius 2 is 2.00 bits per heavy atom. The van der Waals surface area contributed by atoms with E-state index in [0.717, 1.165) is 11.5 Å². The minimum absolute atomic E-state index is 0.242. The molecule has 0 aliphatic carbocycles. The molecule has 5 nitrogen and oxygen atoms in total. The number of hydrogen-bond acceptors (Lipinski definition) is 5. The number of halogens is 2. The van der Waals surface area contributed by atoms with Gasteiger partial charge in [0.05, 0.1) is 11.4 Å². The highest BCUT2D eigenvalue weighted by atomic mass is 79.9. The molecule has 0 radical (unpaired) electrons. The van der Waals surface area contributed by atoms with Crippen molar-refractivity contribution >= 4 is 60.7 Å². The van der Waals surface area contributed by atoms with Gasteiger partial charge in [-0.1, -0.05) is 4.49 Å². The maximum atomic E-state index is 12.0. The molecule has 1 heterocycles. The number of benzene rings is 1. The van der Waals surface area contributed by atoms with Crippen LogP contribution in [0.1, 0.15) is 15.4 Å². The number of hydrogen-bond donors (Lipinski definition) is 2. The van der Waals surface area contributed by atoms with E-state index in [1.165, 1.54) is 0 Å². The molecule has 1 amide bonds. The zero-order chi connectivity index (χ0) is 13.3. The molecule has 0 atom stereocenters. The molecule has 1 aromatic carbocycles. The Morgan fingerprint density at radius 3 is 2.50 bits per heavy atom. The lowest BCUT2D eigenvalue weighted by atomic mass is 10.2. The van der Waals surface area contributed by atoms with Crippen LogP contribution >= 0.6 is 43.4 Å². The summed E-state index contributed by atoms with van der Waals surface area (Å²) in [7, 11) is 0.